The van der Waals surface area contributed by atoms with Crippen LogP contribution in [0, 0.1) is 0 Å². The van der Waals surface area contributed by atoms with E-state index in [4.69, 9.17) is 4.74 Å². The molecule has 0 spiro atoms. The average molecular weight is 233 g/mol. The molecule has 0 saturated heterocycles. The van der Waals surface area contributed by atoms with Crippen molar-refractivity contribution in [2.24, 2.45) is 0 Å². The lowest BCUT2D eigenvalue weighted by Crippen LogP contribution is -2.31. The van der Waals surface area contributed by atoms with Gasteiger partial charge in [-0.15, -0.1) is 6.58 Å². The normalized spacial score (nSPS) is 11.7. The van der Waals surface area contributed by atoms with Crippen molar-refractivity contribution in [3.05, 3.63) is 42.5 Å². The number of benzene rings is 1. The number of carbonyl (C=O) groups excluding carboxylic acids is 1. The van der Waals surface area contributed by atoms with Crippen molar-refractivity contribution in [3.63, 3.8) is 0 Å². The maximum absolute atomic E-state index is 11.6. The monoisotopic (exact) mass is 233 g/mol. The van der Waals surface area contributed by atoms with Crippen LogP contribution >= 0.6 is 0 Å². The van der Waals surface area contributed by atoms with Crippen LogP contribution in [0.25, 0.3) is 0 Å². The number of hydrogen-bond donors (Lipinski definition) is 0. The van der Waals surface area contributed by atoms with Crippen molar-refractivity contribution in [2.75, 3.05) is 13.7 Å². The predicted molar refractivity (Wildman–Crippen MR) is 69.0 cm³/mol. The van der Waals surface area contributed by atoms with Crippen molar-refractivity contribution < 1.29 is 9.53 Å². The second-order valence-corrected chi connectivity index (χ2v) is 3.91. The Morgan fingerprint density at radius 3 is 2.82 bits per heavy atom. The summed E-state index contributed by atoms with van der Waals surface area (Å²) in [6, 6.07) is 7.77. The number of nitrogens with zero attached hydrogens (tertiary/aromatic N) is 1. The smallest absolute Gasteiger partial charge is 0.220 e. The number of hydrogen-bond acceptors (Lipinski definition) is 2. The standard InChI is InChI=1S/C14H19NO2/c1-5-9-15(12(3)16)11(2)13-7-6-8-14(10-13)17-4/h5-8,10-11H,1,9H2,2-4H3/t11-/m1/s1. The Morgan fingerprint density at radius 1 is 1.59 bits per heavy atom. The molecule has 3 nitrogen and oxygen atoms in total. The lowest BCUT2D eigenvalue weighted by molar-refractivity contribution is -0.130. The van der Waals surface area contributed by atoms with E-state index in [0.29, 0.717) is 6.54 Å². The van der Waals surface area contributed by atoms with Crippen LogP contribution in [0.5, 0.6) is 5.75 Å². The number of carbonyl (C=O) groups is 1. The molecule has 0 aliphatic rings. The predicted octanol–water partition coefficient (Wildman–Crippen LogP) is 2.79. The van der Waals surface area contributed by atoms with Crippen LogP contribution in [0.3, 0.4) is 0 Å². The highest BCUT2D eigenvalue weighted by molar-refractivity contribution is 5.74. The second kappa shape index (κ2) is 6.09. The highest BCUT2D eigenvalue weighted by atomic mass is 16.5. The Hall–Kier alpha value is -1.77. The summed E-state index contributed by atoms with van der Waals surface area (Å²) in [6.07, 6.45) is 1.73. The Bertz CT molecular complexity index is 401. The van der Waals surface area contributed by atoms with Crippen molar-refractivity contribution in [1.82, 2.24) is 4.90 Å². The molecule has 0 N–H and O–H groups in total. The minimum absolute atomic E-state index is 0.0144. The molecule has 1 amide bonds. The number of ether oxygens (including phenoxy) is 1. The molecule has 0 heterocycles. The number of methoxy groups -OCH3 is 1. The topological polar surface area (TPSA) is 29.5 Å². The van der Waals surface area contributed by atoms with Gasteiger partial charge in [-0.3, -0.25) is 4.79 Å². The van der Waals surface area contributed by atoms with Gasteiger partial charge in [0.2, 0.25) is 5.91 Å². The van der Waals surface area contributed by atoms with E-state index < -0.39 is 0 Å². The molecule has 1 aromatic carbocycles. The molecule has 0 aliphatic carbocycles. The van der Waals surface area contributed by atoms with Gasteiger partial charge in [-0.1, -0.05) is 18.2 Å². The van der Waals surface area contributed by atoms with Gasteiger partial charge in [0.1, 0.15) is 5.75 Å². The van der Waals surface area contributed by atoms with E-state index in [1.807, 2.05) is 31.2 Å². The lowest BCUT2D eigenvalue weighted by Gasteiger charge is -2.27. The fourth-order valence-electron chi connectivity index (χ4n) is 1.78. The molecule has 3 heteroatoms. The molecule has 0 saturated carbocycles. The SMILES string of the molecule is C=CCN(C(C)=O)[C@H](C)c1cccc(OC)c1. The van der Waals surface area contributed by atoms with Crippen LogP contribution in [0.1, 0.15) is 25.5 Å². The van der Waals surface area contributed by atoms with Gasteiger partial charge in [-0.05, 0) is 24.6 Å². The molecule has 1 atom stereocenters. The fourth-order valence-corrected chi connectivity index (χ4v) is 1.78. The summed E-state index contributed by atoms with van der Waals surface area (Å²) in [5.74, 6) is 0.844. The summed E-state index contributed by atoms with van der Waals surface area (Å²) in [5, 5.41) is 0. The molecular weight excluding hydrogens is 214 g/mol. The molecule has 0 aliphatic heterocycles. The van der Waals surface area contributed by atoms with E-state index >= 15 is 0 Å². The van der Waals surface area contributed by atoms with Gasteiger partial charge in [-0.2, -0.15) is 0 Å². The summed E-state index contributed by atoms with van der Waals surface area (Å²) >= 11 is 0. The van der Waals surface area contributed by atoms with Gasteiger partial charge in [0.25, 0.3) is 0 Å². The second-order valence-electron chi connectivity index (χ2n) is 3.91. The third kappa shape index (κ3) is 3.34. The fraction of sp³-hybridized carbons (Fsp3) is 0.357. The summed E-state index contributed by atoms with van der Waals surface area (Å²) in [4.78, 5) is 13.3. The van der Waals surface area contributed by atoms with Crippen molar-refractivity contribution in [3.8, 4) is 5.75 Å². The van der Waals surface area contributed by atoms with Crippen LogP contribution in [-0.4, -0.2) is 24.5 Å². The van der Waals surface area contributed by atoms with Gasteiger partial charge >= 0.3 is 0 Å². The Morgan fingerprint density at radius 2 is 2.29 bits per heavy atom. The maximum Gasteiger partial charge on any atom is 0.220 e. The van der Waals surface area contributed by atoms with Gasteiger partial charge in [0, 0.05) is 13.5 Å². The van der Waals surface area contributed by atoms with Crippen LogP contribution < -0.4 is 4.74 Å². The summed E-state index contributed by atoms with van der Waals surface area (Å²) in [6.45, 7) is 7.79. The van der Waals surface area contributed by atoms with Gasteiger partial charge < -0.3 is 9.64 Å². The third-order valence-electron chi connectivity index (χ3n) is 2.77. The van der Waals surface area contributed by atoms with Gasteiger partial charge in [0.15, 0.2) is 0 Å². The molecule has 1 rings (SSSR count). The Labute approximate surface area is 103 Å². The van der Waals surface area contributed by atoms with E-state index in [2.05, 4.69) is 6.58 Å². The highest BCUT2D eigenvalue weighted by Gasteiger charge is 2.17. The van der Waals surface area contributed by atoms with E-state index in [9.17, 15) is 4.79 Å². The van der Waals surface area contributed by atoms with Gasteiger partial charge in [-0.25, -0.2) is 0 Å². The zero-order valence-electron chi connectivity index (χ0n) is 10.6. The molecule has 1 aromatic rings. The molecule has 0 bridgehead atoms. The van der Waals surface area contributed by atoms with Crippen LogP contribution in [-0.2, 0) is 4.79 Å². The Balaban J connectivity index is 2.95. The summed E-state index contributed by atoms with van der Waals surface area (Å²) in [7, 11) is 1.64. The quantitative estimate of drug-likeness (QED) is 0.732. The lowest BCUT2D eigenvalue weighted by atomic mass is 10.1. The van der Waals surface area contributed by atoms with Crippen LogP contribution in [0.15, 0.2) is 36.9 Å². The largest absolute Gasteiger partial charge is 0.497 e. The molecule has 0 aromatic heterocycles. The van der Waals surface area contributed by atoms with Gasteiger partial charge in [0.05, 0.1) is 13.2 Å². The Kier molecular flexibility index (Phi) is 4.76. The first-order valence-corrected chi connectivity index (χ1v) is 5.62. The minimum Gasteiger partial charge on any atom is -0.497 e. The zero-order valence-corrected chi connectivity index (χ0v) is 10.6. The van der Waals surface area contributed by atoms with E-state index in [-0.39, 0.29) is 11.9 Å². The zero-order chi connectivity index (χ0) is 12.8. The summed E-state index contributed by atoms with van der Waals surface area (Å²) < 4.78 is 5.18. The van der Waals surface area contributed by atoms with Crippen LogP contribution in [0.4, 0.5) is 0 Å². The third-order valence-corrected chi connectivity index (χ3v) is 2.77. The average Bonchev–Trinajstić information content (AvgIpc) is 2.34. The number of rotatable bonds is 5. The van der Waals surface area contributed by atoms with Crippen molar-refractivity contribution in [1.29, 1.82) is 0 Å². The van der Waals surface area contributed by atoms with Crippen molar-refractivity contribution in [2.45, 2.75) is 19.9 Å². The first kappa shape index (κ1) is 13.3. The highest BCUT2D eigenvalue weighted by Crippen LogP contribution is 2.23. The molecular formula is C14H19NO2. The molecule has 92 valence electrons. The molecule has 17 heavy (non-hydrogen) atoms. The summed E-state index contributed by atoms with van der Waals surface area (Å²) in [5.41, 5.74) is 1.06. The van der Waals surface area contributed by atoms with E-state index in [1.54, 1.807) is 25.0 Å². The minimum atomic E-state index is 0.0144. The number of amides is 1. The molecule has 0 fully saturated rings. The van der Waals surface area contributed by atoms with Crippen molar-refractivity contribution >= 4 is 5.91 Å². The molecule has 0 unspecified atom stereocenters. The van der Waals surface area contributed by atoms with E-state index in [0.717, 1.165) is 11.3 Å². The first-order chi connectivity index (χ1) is 8.10. The van der Waals surface area contributed by atoms with E-state index in [1.165, 1.54) is 0 Å². The molecule has 0 radical (unpaired) electrons. The first-order valence-electron chi connectivity index (χ1n) is 5.62. The maximum atomic E-state index is 11.6. The van der Waals surface area contributed by atoms with Crippen LogP contribution in [0.2, 0.25) is 0 Å².